The molecule has 0 aromatic carbocycles. The van der Waals surface area contributed by atoms with Crippen molar-refractivity contribution >= 4 is 5.91 Å². The van der Waals surface area contributed by atoms with Crippen molar-refractivity contribution in [3.8, 4) is 0 Å². The standard InChI is InChI=1S/C19H33NO/c1-12(2)18(4)10-8-15-14(13(18)3)6-7-16-19(15,5)11-9-17(21)20-16/h12-16H,6-11H2,1-5H3,(H,20,21). The number of rotatable bonds is 1. The van der Waals surface area contributed by atoms with Gasteiger partial charge in [-0.25, -0.2) is 0 Å². The second kappa shape index (κ2) is 4.99. The van der Waals surface area contributed by atoms with Crippen LogP contribution in [0.3, 0.4) is 0 Å². The van der Waals surface area contributed by atoms with Gasteiger partial charge in [0, 0.05) is 12.5 Å². The van der Waals surface area contributed by atoms with Gasteiger partial charge in [0.25, 0.3) is 0 Å². The van der Waals surface area contributed by atoms with E-state index < -0.39 is 0 Å². The number of piperidine rings is 1. The van der Waals surface area contributed by atoms with Crippen molar-refractivity contribution in [3.63, 3.8) is 0 Å². The first-order valence-electron chi connectivity index (χ1n) is 9.08. The van der Waals surface area contributed by atoms with E-state index in [0.717, 1.165) is 36.5 Å². The largest absolute Gasteiger partial charge is 0.353 e. The molecule has 0 aromatic heterocycles. The van der Waals surface area contributed by atoms with E-state index in [-0.39, 0.29) is 5.91 Å². The van der Waals surface area contributed by atoms with Crippen LogP contribution in [0.4, 0.5) is 0 Å². The van der Waals surface area contributed by atoms with Crippen LogP contribution < -0.4 is 5.32 Å². The SMILES string of the molecule is CC(C)C1(C)CCC2C(CCC3NC(=O)CCC32C)C1C. The van der Waals surface area contributed by atoms with Crippen LogP contribution in [0.5, 0.6) is 0 Å². The number of hydrogen-bond donors (Lipinski definition) is 1. The molecule has 6 unspecified atom stereocenters. The van der Waals surface area contributed by atoms with Gasteiger partial charge in [-0.2, -0.15) is 0 Å². The number of carbonyl (C=O) groups excluding carboxylic acids is 1. The molecule has 1 N–H and O–H groups in total. The summed E-state index contributed by atoms with van der Waals surface area (Å²) in [5.74, 6) is 3.55. The van der Waals surface area contributed by atoms with Crippen molar-refractivity contribution in [3.05, 3.63) is 0 Å². The zero-order chi connectivity index (χ0) is 15.4. The summed E-state index contributed by atoms with van der Waals surface area (Å²) in [7, 11) is 0. The third-order valence-electron chi connectivity index (χ3n) is 8.17. The number of carbonyl (C=O) groups is 1. The van der Waals surface area contributed by atoms with Gasteiger partial charge < -0.3 is 5.32 Å². The molecule has 3 rings (SSSR count). The minimum Gasteiger partial charge on any atom is -0.353 e. The van der Waals surface area contributed by atoms with Gasteiger partial charge in [0.2, 0.25) is 5.91 Å². The quantitative estimate of drug-likeness (QED) is 0.762. The fourth-order valence-electron chi connectivity index (χ4n) is 6.02. The van der Waals surface area contributed by atoms with E-state index in [2.05, 4.69) is 39.9 Å². The Morgan fingerprint density at radius 1 is 1.14 bits per heavy atom. The molecule has 0 radical (unpaired) electrons. The minimum absolute atomic E-state index is 0.284. The maximum Gasteiger partial charge on any atom is 0.220 e. The van der Waals surface area contributed by atoms with Gasteiger partial charge >= 0.3 is 0 Å². The van der Waals surface area contributed by atoms with Crippen molar-refractivity contribution in [2.24, 2.45) is 34.5 Å². The third-order valence-corrected chi connectivity index (χ3v) is 8.17. The number of nitrogens with one attached hydrogen (secondary N) is 1. The molecular weight excluding hydrogens is 258 g/mol. The van der Waals surface area contributed by atoms with E-state index in [1.54, 1.807) is 0 Å². The van der Waals surface area contributed by atoms with Crippen LogP contribution in [0.2, 0.25) is 0 Å². The van der Waals surface area contributed by atoms with E-state index in [4.69, 9.17) is 0 Å². The predicted molar refractivity (Wildman–Crippen MR) is 86.8 cm³/mol. The molecule has 3 aliphatic rings. The van der Waals surface area contributed by atoms with E-state index in [1.807, 2.05) is 0 Å². The Morgan fingerprint density at radius 2 is 1.86 bits per heavy atom. The highest BCUT2D eigenvalue weighted by Gasteiger charge is 2.56. The van der Waals surface area contributed by atoms with Crippen molar-refractivity contribution in [2.75, 3.05) is 0 Å². The first kappa shape index (κ1) is 15.4. The van der Waals surface area contributed by atoms with Crippen LogP contribution in [0.1, 0.15) is 73.1 Å². The molecule has 0 spiro atoms. The Morgan fingerprint density at radius 3 is 2.52 bits per heavy atom. The molecule has 1 aliphatic heterocycles. The molecule has 2 nitrogen and oxygen atoms in total. The molecule has 1 amide bonds. The topological polar surface area (TPSA) is 29.1 Å². The summed E-state index contributed by atoms with van der Waals surface area (Å²) in [5.41, 5.74) is 0.853. The highest BCUT2D eigenvalue weighted by atomic mass is 16.1. The number of hydrogen-bond acceptors (Lipinski definition) is 1. The Kier molecular flexibility index (Phi) is 3.65. The smallest absolute Gasteiger partial charge is 0.220 e. The van der Waals surface area contributed by atoms with Crippen LogP contribution in [0, 0.1) is 34.5 Å². The van der Waals surface area contributed by atoms with Gasteiger partial charge in [0.15, 0.2) is 0 Å². The molecule has 120 valence electrons. The van der Waals surface area contributed by atoms with Gasteiger partial charge in [0.05, 0.1) is 0 Å². The molecule has 2 aliphatic carbocycles. The first-order valence-corrected chi connectivity index (χ1v) is 9.08. The third kappa shape index (κ3) is 2.16. The lowest BCUT2D eigenvalue weighted by atomic mass is 9.46. The molecule has 21 heavy (non-hydrogen) atoms. The van der Waals surface area contributed by atoms with Gasteiger partial charge in [-0.3, -0.25) is 4.79 Å². The van der Waals surface area contributed by atoms with E-state index in [1.165, 1.54) is 25.7 Å². The second-order valence-corrected chi connectivity index (χ2v) is 8.96. The Labute approximate surface area is 130 Å². The van der Waals surface area contributed by atoms with Gasteiger partial charge in [-0.05, 0) is 66.6 Å². The fraction of sp³-hybridized carbons (Fsp3) is 0.947. The molecule has 2 heteroatoms. The van der Waals surface area contributed by atoms with E-state index in [9.17, 15) is 4.79 Å². The Hall–Kier alpha value is -0.530. The molecule has 0 aromatic rings. The highest BCUT2D eigenvalue weighted by molar-refractivity contribution is 5.77. The van der Waals surface area contributed by atoms with Gasteiger partial charge in [-0.1, -0.05) is 34.6 Å². The zero-order valence-electron chi connectivity index (χ0n) is 14.5. The van der Waals surface area contributed by atoms with Gasteiger partial charge in [0.1, 0.15) is 0 Å². The predicted octanol–water partition coefficient (Wildman–Crippen LogP) is 4.39. The lowest BCUT2D eigenvalue weighted by Crippen LogP contribution is -2.61. The minimum atomic E-state index is 0.284. The monoisotopic (exact) mass is 291 g/mol. The second-order valence-electron chi connectivity index (χ2n) is 8.96. The summed E-state index contributed by atoms with van der Waals surface area (Å²) < 4.78 is 0. The normalized spacial score (nSPS) is 50.3. The van der Waals surface area contributed by atoms with E-state index in [0.29, 0.717) is 16.9 Å². The zero-order valence-corrected chi connectivity index (χ0v) is 14.5. The van der Waals surface area contributed by atoms with Crippen LogP contribution in [-0.2, 0) is 4.79 Å². The van der Waals surface area contributed by atoms with Gasteiger partial charge in [-0.15, -0.1) is 0 Å². The molecular formula is C19H33NO. The maximum absolute atomic E-state index is 11.8. The summed E-state index contributed by atoms with van der Waals surface area (Å²) >= 11 is 0. The molecule has 1 saturated heterocycles. The summed E-state index contributed by atoms with van der Waals surface area (Å²) in [4.78, 5) is 11.8. The molecule has 6 atom stereocenters. The lowest BCUT2D eigenvalue weighted by molar-refractivity contribution is -0.138. The molecule has 1 heterocycles. The molecule has 3 fully saturated rings. The average molecular weight is 291 g/mol. The summed E-state index contributed by atoms with van der Waals surface area (Å²) in [6.07, 6.45) is 7.09. The van der Waals surface area contributed by atoms with Crippen LogP contribution in [0.25, 0.3) is 0 Å². The summed E-state index contributed by atoms with van der Waals surface area (Å²) in [6.45, 7) is 12.3. The highest BCUT2D eigenvalue weighted by Crippen LogP contribution is 2.61. The molecule has 0 bridgehead atoms. The number of amides is 1. The average Bonchev–Trinajstić information content (AvgIpc) is 2.43. The van der Waals surface area contributed by atoms with Crippen molar-refractivity contribution in [1.29, 1.82) is 0 Å². The van der Waals surface area contributed by atoms with Crippen LogP contribution in [0.15, 0.2) is 0 Å². The fourth-order valence-corrected chi connectivity index (χ4v) is 6.02. The van der Waals surface area contributed by atoms with Crippen LogP contribution >= 0.6 is 0 Å². The Balaban J connectivity index is 1.86. The van der Waals surface area contributed by atoms with Crippen LogP contribution in [-0.4, -0.2) is 11.9 Å². The Bertz CT molecular complexity index is 431. The molecule has 2 saturated carbocycles. The number of fused-ring (bicyclic) bond motifs is 3. The van der Waals surface area contributed by atoms with Crippen molar-refractivity contribution in [2.45, 2.75) is 79.2 Å². The summed E-state index contributed by atoms with van der Waals surface area (Å²) in [5, 5.41) is 3.31. The van der Waals surface area contributed by atoms with Crippen molar-refractivity contribution < 1.29 is 4.79 Å². The summed E-state index contributed by atoms with van der Waals surface area (Å²) in [6, 6.07) is 0.440. The first-order chi connectivity index (χ1) is 9.79. The lowest BCUT2D eigenvalue weighted by Gasteiger charge is -2.61. The van der Waals surface area contributed by atoms with Crippen molar-refractivity contribution in [1.82, 2.24) is 5.32 Å². The maximum atomic E-state index is 11.8. The van der Waals surface area contributed by atoms with E-state index >= 15 is 0 Å².